The molecule has 1 amide bonds. The number of aliphatic carboxylic acids is 1. The summed E-state index contributed by atoms with van der Waals surface area (Å²) in [5, 5.41) is 14.3. The molecular weight excluding hydrogens is 284 g/mol. The Labute approximate surface area is 127 Å². The Morgan fingerprint density at radius 3 is 2.77 bits per heavy atom. The van der Waals surface area contributed by atoms with Crippen LogP contribution in [0.5, 0.6) is 0 Å². The molecule has 0 bridgehead atoms. The first-order valence-corrected chi connectivity index (χ1v) is 7.25. The van der Waals surface area contributed by atoms with Crippen LogP contribution in [0.15, 0.2) is 6.07 Å². The Morgan fingerprint density at radius 2 is 2.09 bits per heavy atom. The molecule has 0 saturated carbocycles. The Balaban J connectivity index is 2.13. The van der Waals surface area contributed by atoms with E-state index in [-0.39, 0.29) is 5.91 Å². The number of pyridine rings is 1. The number of carboxylic acid groups (broad SMARTS) is 1. The van der Waals surface area contributed by atoms with E-state index < -0.39 is 12.0 Å². The minimum absolute atomic E-state index is 0.253. The van der Waals surface area contributed by atoms with Crippen molar-refractivity contribution in [1.82, 2.24) is 19.7 Å². The second-order valence-corrected chi connectivity index (χ2v) is 5.71. The molecular formula is C15H18N4O3. The first-order valence-electron chi connectivity index (χ1n) is 7.25. The molecule has 0 unspecified atom stereocenters. The lowest BCUT2D eigenvalue weighted by Crippen LogP contribution is -2.40. The van der Waals surface area contributed by atoms with Crippen molar-refractivity contribution in [2.45, 2.75) is 32.7 Å². The van der Waals surface area contributed by atoms with E-state index in [0.717, 1.165) is 5.69 Å². The SMILES string of the molecule is Cc1cc(C(=O)N2CCC[C@@H]2C(=O)O)c2c(C)nn(C)c2n1. The number of hydrogen-bond acceptors (Lipinski definition) is 4. The van der Waals surface area contributed by atoms with Crippen LogP contribution in [0.4, 0.5) is 0 Å². The maximum atomic E-state index is 12.9. The molecule has 1 fully saturated rings. The van der Waals surface area contributed by atoms with Gasteiger partial charge in [0.1, 0.15) is 6.04 Å². The minimum atomic E-state index is -0.948. The summed E-state index contributed by atoms with van der Waals surface area (Å²) in [6, 6.07) is 0.976. The monoisotopic (exact) mass is 302 g/mol. The Kier molecular flexibility index (Phi) is 3.35. The van der Waals surface area contributed by atoms with Gasteiger partial charge in [-0.3, -0.25) is 9.48 Å². The molecule has 2 aromatic heterocycles. The average Bonchev–Trinajstić information content (AvgIpc) is 3.03. The number of nitrogens with zero attached hydrogens (tertiary/aromatic N) is 4. The number of aryl methyl sites for hydroxylation is 3. The molecule has 0 spiro atoms. The van der Waals surface area contributed by atoms with Gasteiger partial charge in [-0.25, -0.2) is 9.78 Å². The Morgan fingerprint density at radius 1 is 1.36 bits per heavy atom. The van der Waals surface area contributed by atoms with Gasteiger partial charge in [0.2, 0.25) is 0 Å². The topological polar surface area (TPSA) is 88.3 Å². The summed E-state index contributed by atoms with van der Waals surface area (Å²) < 4.78 is 1.65. The van der Waals surface area contributed by atoms with E-state index in [0.29, 0.717) is 41.7 Å². The van der Waals surface area contributed by atoms with Gasteiger partial charge in [0.25, 0.3) is 5.91 Å². The standard InChI is InChI=1S/C15H18N4O3/c1-8-7-10(12-9(2)17-18(3)13(12)16-8)14(20)19-6-4-5-11(19)15(21)22/h7,11H,4-6H2,1-3H3,(H,21,22)/t11-/m1/s1. The van der Waals surface area contributed by atoms with Gasteiger partial charge in [-0.2, -0.15) is 5.10 Å². The number of carbonyl (C=O) groups is 2. The molecule has 1 atom stereocenters. The van der Waals surface area contributed by atoms with Crippen molar-refractivity contribution >= 4 is 22.9 Å². The summed E-state index contributed by atoms with van der Waals surface area (Å²) in [7, 11) is 1.78. The molecule has 1 N–H and O–H groups in total. The molecule has 3 rings (SSSR count). The molecule has 1 aliphatic heterocycles. The summed E-state index contributed by atoms with van der Waals surface area (Å²) in [4.78, 5) is 30.1. The highest BCUT2D eigenvalue weighted by molar-refractivity contribution is 6.07. The van der Waals surface area contributed by atoms with Crippen LogP contribution >= 0.6 is 0 Å². The van der Waals surface area contributed by atoms with E-state index in [1.807, 2.05) is 13.8 Å². The van der Waals surface area contributed by atoms with Crippen molar-refractivity contribution in [3.63, 3.8) is 0 Å². The molecule has 3 heterocycles. The summed E-state index contributed by atoms with van der Waals surface area (Å²) in [5.74, 6) is -1.20. The van der Waals surface area contributed by atoms with Crippen molar-refractivity contribution in [2.24, 2.45) is 7.05 Å². The second kappa shape index (κ2) is 5.08. The largest absolute Gasteiger partial charge is 0.480 e. The molecule has 1 saturated heterocycles. The summed E-state index contributed by atoms with van der Waals surface area (Å²) >= 11 is 0. The third kappa shape index (κ3) is 2.13. The highest BCUT2D eigenvalue weighted by Gasteiger charge is 2.35. The molecule has 2 aromatic rings. The van der Waals surface area contributed by atoms with E-state index in [9.17, 15) is 14.7 Å². The van der Waals surface area contributed by atoms with E-state index >= 15 is 0 Å². The molecule has 7 nitrogen and oxygen atoms in total. The van der Waals surface area contributed by atoms with Gasteiger partial charge in [-0.1, -0.05) is 0 Å². The van der Waals surface area contributed by atoms with Crippen molar-refractivity contribution in [3.8, 4) is 0 Å². The lowest BCUT2D eigenvalue weighted by atomic mass is 10.1. The van der Waals surface area contributed by atoms with Crippen LogP contribution in [0.1, 0.15) is 34.6 Å². The van der Waals surface area contributed by atoms with E-state index in [1.165, 1.54) is 4.90 Å². The predicted molar refractivity (Wildman–Crippen MR) is 79.7 cm³/mol. The summed E-state index contributed by atoms with van der Waals surface area (Å²) in [6.45, 7) is 4.12. The number of carbonyl (C=O) groups excluding carboxylic acids is 1. The van der Waals surface area contributed by atoms with E-state index in [2.05, 4.69) is 10.1 Å². The smallest absolute Gasteiger partial charge is 0.326 e. The van der Waals surface area contributed by atoms with Gasteiger partial charge < -0.3 is 10.0 Å². The zero-order valence-corrected chi connectivity index (χ0v) is 12.8. The number of hydrogen-bond donors (Lipinski definition) is 1. The minimum Gasteiger partial charge on any atom is -0.480 e. The highest BCUT2D eigenvalue weighted by Crippen LogP contribution is 2.26. The van der Waals surface area contributed by atoms with Gasteiger partial charge in [0, 0.05) is 19.3 Å². The molecule has 0 aromatic carbocycles. The van der Waals surface area contributed by atoms with Gasteiger partial charge in [-0.15, -0.1) is 0 Å². The molecule has 116 valence electrons. The van der Waals surface area contributed by atoms with Crippen LogP contribution in [0.25, 0.3) is 11.0 Å². The van der Waals surface area contributed by atoms with Crippen molar-refractivity contribution < 1.29 is 14.7 Å². The van der Waals surface area contributed by atoms with Crippen molar-refractivity contribution in [2.75, 3.05) is 6.54 Å². The van der Waals surface area contributed by atoms with E-state index in [4.69, 9.17) is 0 Å². The third-order valence-corrected chi connectivity index (χ3v) is 4.13. The fourth-order valence-electron chi connectivity index (χ4n) is 3.16. The third-order valence-electron chi connectivity index (χ3n) is 4.13. The fourth-order valence-corrected chi connectivity index (χ4v) is 3.16. The normalized spacial score (nSPS) is 18.1. The highest BCUT2D eigenvalue weighted by atomic mass is 16.4. The molecule has 0 radical (unpaired) electrons. The number of rotatable bonds is 2. The van der Waals surface area contributed by atoms with Gasteiger partial charge in [-0.05, 0) is 32.8 Å². The van der Waals surface area contributed by atoms with Crippen molar-refractivity contribution in [3.05, 3.63) is 23.0 Å². The average molecular weight is 302 g/mol. The van der Waals surface area contributed by atoms with Crippen LogP contribution in [-0.2, 0) is 11.8 Å². The lowest BCUT2D eigenvalue weighted by Gasteiger charge is -2.22. The Hall–Kier alpha value is -2.44. The van der Waals surface area contributed by atoms with Crippen LogP contribution in [-0.4, -0.2) is 49.2 Å². The Bertz CT molecular complexity index is 781. The number of carboxylic acids is 1. The second-order valence-electron chi connectivity index (χ2n) is 5.71. The molecule has 1 aliphatic rings. The van der Waals surface area contributed by atoms with Crippen LogP contribution in [0.3, 0.4) is 0 Å². The maximum Gasteiger partial charge on any atom is 0.326 e. The first kappa shape index (κ1) is 14.5. The number of aromatic nitrogens is 3. The van der Waals surface area contributed by atoms with Crippen LogP contribution in [0, 0.1) is 13.8 Å². The molecule has 0 aliphatic carbocycles. The lowest BCUT2D eigenvalue weighted by molar-refractivity contribution is -0.141. The van der Waals surface area contributed by atoms with Gasteiger partial charge in [0.05, 0.1) is 16.6 Å². The van der Waals surface area contributed by atoms with Gasteiger partial charge >= 0.3 is 5.97 Å². The molecule has 7 heteroatoms. The fraction of sp³-hybridized carbons (Fsp3) is 0.467. The number of amides is 1. The summed E-state index contributed by atoms with van der Waals surface area (Å²) in [6.07, 6.45) is 1.21. The predicted octanol–water partition coefficient (Wildman–Crippen LogP) is 1.27. The zero-order chi connectivity index (χ0) is 16.0. The summed E-state index contributed by atoms with van der Waals surface area (Å²) in [5.41, 5.74) is 2.57. The quantitative estimate of drug-likeness (QED) is 0.902. The number of fused-ring (bicyclic) bond motifs is 1. The maximum absolute atomic E-state index is 12.9. The van der Waals surface area contributed by atoms with Crippen LogP contribution < -0.4 is 0 Å². The zero-order valence-electron chi connectivity index (χ0n) is 12.8. The number of likely N-dealkylation sites (tertiary alicyclic amines) is 1. The van der Waals surface area contributed by atoms with Crippen molar-refractivity contribution in [1.29, 1.82) is 0 Å². The van der Waals surface area contributed by atoms with E-state index in [1.54, 1.807) is 17.8 Å². The van der Waals surface area contributed by atoms with Gasteiger partial charge in [0.15, 0.2) is 5.65 Å². The molecule has 22 heavy (non-hydrogen) atoms. The van der Waals surface area contributed by atoms with Crippen LogP contribution in [0.2, 0.25) is 0 Å². The first-order chi connectivity index (χ1) is 10.4.